The number of fused-ring (bicyclic) bond motifs is 1. The van der Waals surface area contributed by atoms with Crippen molar-refractivity contribution in [2.75, 3.05) is 0 Å². The Kier molecular flexibility index (Phi) is 3.50. The van der Waals surface area contributed by atoms with Gasteiger partial charge in [-0.05, 0) is 36.8 Å². The van der Waals surface area contributed by atoms with Crippen LogP contribution in [0.4, 0.5) is 0 Å². The second kappa shape index (κ2) is 5.17. The van der Waals surface area contributed by atoms with E-state index in [4.69, 9.17) is 11.6 Å². The summed E-state index contributed by atoms with van der Waals surface area (Å²) in [6, 6.07) is 15.3. The number of para-hydroxylation sites is 1. The molecule has 20 heavy (non-hydrogen) atoms. The van der Waals surface area contributed by atoms with Crippen molar-refractivity contribution in [2.45, 2.75) is 18.9 Å². The maximum atomic E-state index is 10.7. The van der Waals surface area contributed by atoms with Crippen molar-refractivity contribution >= 4 is 33.2 Å². The summed E-state index contributed by atoms with van der Waals surface area (Å²) in [4.78, 5) is 4.57. The summed E-state index contributed by atoms with van der Waals surface area (Å²) in [5.41, 5.74) is 0.888. The summed E-state index contributed by atoms with van der Waals surface area (Å²) < 4.78 is 1.15. The first-order valence-corrected chi connectivity index (χ1v) is 7.57. The number of hydrogen-bond donors (Lipinski definition) is 1. The SMILES string of the molecule is CC(O)(Cc1nc2ccccc2s1)c1ccc(Cl)cc1. The lowest BCUT2D eigenvalue weighted by molar-refractivity contribution is 0.0576. The highest BCUT2D eigenvalue weighted by Gasteiger charge is 2.25. The van der Waals surface area contributed by atoms with Crippen molar-refractivity contribution in [2.24, 2.45) is 0 Å². The lowest BCUT2D eigenvalue weighted by atomic mass is 9.93. The Bertz CT molecular complexity index is 701. The van der Waals surface area contributed by atoms with Gasteiger partial charge in [0.25, 0.3) is 0 Å². The van der Waals surface area contributed by atoms with Gasteiger partial charge in [0, 0.05) is 11.4 Å². The first kappa shape index (κ1) is 13.6. The van der Waals surface area contributed by atoms with E-state index in [0.29, 0.717) is 11.4 Å². The molecule has 2 aromatic carbocycles. The molecule has 1 unspecified atom stereocenters. The fraction of sp³-hybridized carbons (Fsp3) is 0.188. The van der Waals surface area contributed by atoms with Crippen molar-refractivity contribution in [1.29, 1.82) is 0 Å². The van der Waals surface area contributed by atoms with E-state index in [9.17, 15) is 5.11 Å². The molecule has 102 valence electrons. The number of rotatable bonds is 3. The highest BCUT2D eigenvalue weighted by atomic mass is 35.5. The topological polar surface area (TPSA) is 33.1 Å². The van der Waals surface area contributed by atoms with Crippen LogP contribution in [0.15, 0.2) is 48.5 Å². The molecule has 1 N–H and O–H groups in total. The Balaban J connectivity index is 1.90. The van der Waals surface area contributed by atoms with Crippen LogP contribution in [0.25, 0.3) is 10.2 Å². The summed E-state index contributed by atoms with van der Waals surface area (Å²) in [7, 11) is 0. The first-order chi connectivity index (χ1) is 9.54. The average molecular weight is 304 g/mol. The zero-order valence-electron chi connectivity index (χ0n) is 11.0. The van der Waals surface area contributed by atoms with E-state index < -0.39 is 5.60 Å². The minimum Gasteiger partial charge on any atom is -0.385 e. The minimum absolute atomic E-state index is 0.494. The van der Waals surface area contributed by atoms with Gasteiger partial charge in [0.1, 0.15) is 0 Å². The van der Waals surface area contributed by atoms with Gasteiger partial charge in [-0.15, -0.1) is 11.3 Å². The van der Waals surface area contributed by atoms with Crippen molar-refractivity contribution in [1.82, 2.24) is 4.98 Å². The normalized spacial score (nSPS) is 14.3. The molecule has 0 saturated carbocycles. The monoisotopic (exact) mass is 303 g/mol. The molecular weight excluding hydrogens is 290 g/mol. The van der Waals surface area contributed by atoms with E-state index in [2.05, 4.69) is 4.98 Å². The molecule has 0 aliphatic carbocycles. The van der Waals surface area contributed by atoms with Crippen molar-refractivity contribution < 1.29 is 5.11 Å². The van der Waals surface area contributed by atoms with Gasteiger partial charge >= 0.3 is 0 Å². The standard InChI is InChI=1S/C16H14ClNOS/c1-16(19,11-6-8-12(17)9-7-11)10-15-18-13-4-2-3-5-14(13)20-15/h2-9,19H,10H2,1H3. The minimum atomic E-state index is -0.946. The van der Waals surface area contributed by atoms with E-state index in [1.807, 2.05) is 43.3 Å². The summed E-state index contributed by atoms with van der Waals surface area (Å²) in [5, 5.41) is 12.3. The molecule has 0 amide bonds. The Morgan fingerprint density at radius 2 is 1.85 bits per heavy atom. The maximum absolute atomic E-state index is 10.7. The highest BCUT2D eigenvalue weighted by Crippen LogP contribution is 2.30. The quantitative estimate of drug-likeness (QED) is 0.778. The smallest absolute Gasteiger partial charge is 0.0970 e. The fourth-order valence-electron chi connectivity index (χ4n) is 2.20. The summed E-state index contributed by atoms with van der Waals surface area (Å²) in [6.45, 7) is 1.81. The predicted molar refractivity (Wildman–Crippen MR) is 84.3 cm³/mol. The number of nitrogens with zero attached hydrogens (tertiary/aromatic N) is 1. The Hall–Kier alpha value is -1.42. The molecule has 1 aromatic heterocycles. The van der Waals surface area contributed by atoms with Gasteiger partial charge in [-0.3, -0.25) is 0 Å². The molecule has 2 nitrogen and oxygen atoms in total. The predicted octanol–water partition coefficient (Wildman–Crippen LogP) is 4.40. The number of aliphatic hydroxyl groups is 1. The highest BCUT2D eigenvalue weighted by molar-refractivity contribution is 7.18. The second-order valence-corrected chi connectivity index (χ2v) is 6.58. The van der Waals surface area contributed by atoms with Gasteiger partial charge in [0.15, 0.2) is 0 Å². The molecule has 3 aromatic rings. The fourth-order valence-corrected chi connectivity index (χ4v) is 3.44. The third-order valence-corrected chi connectivity index (χ3v) is 4.59. The summed E-state index contributed by atoms with van der Waals surface area (Å²) >= 11 is 7.51. The molecule has 1 heterocycles. The van der Waals surface area contributed by atoms with Gasteiger partial charge in [-0.1, -0.05) is 35.9 Å². The van der Waals surface area contributed by atoms with Gasteiger partial charge in [-0.25, -0.2) is 4.98 Å². The Morgan fingerprint density at radius 3 is 2.55 bits per heavy atom. The molecule has 0 fully saturated rings. The molecule has 0 saturated heterocycles. The number of halogens is 1. The van der Waals surface area contributed by atoms with Crippen molar-refractivity contribution in [3.63, 3.8) is 0 Å². The third-order valence-electron chi connectivity index (χ3n) is 3.30. The lowest BCUT2D eigenvalue weighted by Gasteiger charge is -2.22. The van der Waals surface area contributed by atoms with Crippen LogP contribution in [0, 0.1) is 0 Å². The van der Waals surface area contributed by atoms with E-state index >= 15 is 0 Å². The largest absolute Gasteiger partial charge is 0.385 e. The van der Waals surface area contributed by atoms with Gasteiger partial charge in [0.2, 0.25) is 0 Å². The Morgan fingerprint density at radius 1 is 1.15 bits per heavy atom. The summed E-state index contributed by atoms with van der Waals surface area (Å²) in [5.74, 6) is 0. The number of thiazole rings is 1. The first-order valence-electron chi connectivity index (χ1n) is 6.37. The number of benzene rings is 2. The number of aromatic nitrogens is 1. The van der Waals surface area contributed by atoms with Gasteiger partial charge in [0.05, 0.1) is 20.8 Å². The zero-order valence-corrected chi connectivity index (χ0v) is 12.6. The molecule has 0 bridgehead atoms. The van der Waals surface area contributed by atoms with Gasteiger partial charge in [-0.2, -0.15) is 0 Å². The van der Waals surface area contributed by atoms with Crippen LogP contribution in [0.1, 0.15) is 17.5 Å². The van der Waals surface area contributed by atoms with E-state index in [0.717, 1.165) is 20.8 Å². The van der Waals surface area contributed by atoms with Crippen LogP contribution in [0.3, 0.4) is 0 Å². The molecule has 4 heteroatoms. The van der Waals surface area contributed by atoms with E-state index in [-0.39, 0.29) is 0 Å². The zero-order chi connectivity index (χ0) is 14.2. The second-order valence-electron chi connectivity index (χ2n) is 5.03. The van der Waals surface area contributed by atoms with Crippen molar-refractivity contribution in [3.05, 3.63) is 64.1 Å². The van der Waals surface area contributed by atoms with Crippen LogP contribution in [0.2, 0.25) is 5.02 Å². The lowest BCUT2D eigenvalue weighted by Crippen LogP contribution is -2.24. The van der Waals surface area contributed by atoms with Crippen LogP contribution in [-0.2, 0) is 12.0 Å². The van der Waals surface area contributed by atoms with Crippen LogP contribution < -0.4 is 0 Å². The molecule has 0 spiro atoms. The molecule has 3 rings (SSSR count). The Labute approximate surface area is 126 Å². The van der Waals surface area contributed by atoms with E-state index in [1.54, 1.807) is 23.5 Å². The maximum Gasteiger partial charge on any atom is 0.0970 e. The number of hydrogen-bond acceptors (Lipinski definition) is 3. The van der Waals surface area contributed by atoms with Crippen LogP contribution in [-0.4, -0.2) is 10.1 Å². The summed E-state index contributed by atoms with van der Waals surface area (Å²) in [6.07, 6.45) is 0.494. The van der Waals surface area contributed by atoms with Crippen LogP contribution in [0.5, 0.6) is 0 Å². The van der Waals surface area contributed by atoms with Crippen LogP contribution >= 0.6 is 22.9 Å². The molecular formula is C16H14ClNOS. The molecule has 1 atom stereocenters. The van der Waals surface area contributed by atoms with Gasteiger partial charge < -0.3 is 5.11 Å². The van der Waals surface area contributed by atoms with Crippen molar-refractivity contribution in [3.8, 4) is 0 Å². The molecule has 0 radical (unpaired) electrons. The van der Waals surface area contributed by atoms with E-state index in [1.165, 1.54) is 0 Å². The molecule has 0 aliphatic rings. The average Bonchev–Trinajstić information content (AvgIpc) is 2.80. The third kappa shape index (κ3) is 2.70. The molecule has 0 aliphatic heterocycles.